The summed E-state index contributed by atoms with van der Waals surface area (Å²) in [5, 5.41) is 5.48. The van der Waals surface area contributed by atoms with E-state index in [1.807, 2.05) is 19.2 Å². The molecular formula is C18H24NO4P. The van der Waals surface area contributed by atoms with Gasteiger partial charge in [-0.25, -0.2) is 0 Å². The predicted molar refractivity (Wildman–Crippen MR) is 98.8 cm³/mol. The fraction of sp³-hybridized carbons (Fsp3) is 0.333. The molecule has 0 heterocycles. The molecule has 0 fully saturated rings. The van der Waals surface area contributed by atoms with Crippen LogP contribution in [0.25, 0.3) is 0 Å². The van der Waals surface area contributed by atoms with Crippen molar-refractivity contribution in [3.63, 3.8) is 0 Å². The van der Waals surface area contributed by atoms with Gasteiger partial charge in [-0.1, -0.05) is 32.8 Å². The molecule has 2 rings (SSSR count). The van der Waals surface area contributed by atoms with Crippen LogP contribution in [0.2, 0.25) is 0 Å². The van der Waals surface area contributed by atoms with Crippen molar-refractivity contribution in [2.24, 2.45) is 0 Å². The Labute approximate surface area is 145 Å². The van der Waals surface area contributed by atoms with Crippen LogP contribution in [0, 0.1) is 0 Å². The molecule has 0 aliphatic heterocycles. The molecule has 0 saturated carbocycles. The van der Waals surface area contributed by atoms with Gasteiger partial charge in [0.25, 0.3) is 0 Å². The molecule has 0 saturated heterocycles. The number of nitrogens with one attached hydrogen (secondary N) is 1. The van der Waals surface area contributed by atoms with E-state index in [-0.39, 0.29) is 6.79 Å². The third-order valence-electron chi connectivity index (χ3n) is 3.46. The van der Waals surface area contributed by atoms with Crippen LogP contribution in [0.3, 0.4) is 0 Å². The minimum absolute atomic E-state index is 0.165. The summed E-state index contributed by atoms with van der Waals surface area (Å²) >= 11 is 0. The summed E-state index contributed by atoms with van der Waals surface area (Å²) < 4.78 is 21.7. The Morgan fingerprint density at radius 3 is 2.46 bits per heavy atom. The van der Waals surface area contributed by atoms with Gasteiger partial charge < -0.3 is 24.3 Å². The van der Waals surface area contributed by atoms with Crippen molar-refractivity contribution < 1.29 is 18.9 Å². The Bertz CT molecular complexity index is 663. The Kier molecular flexibility index (Phi) is 7.32. The van der Waals surface area contributed by atoms with Gasteiger partial charge in [0.1, 0.15) is 5.75 Å². The quantitative estimate of drug-likeness (QED) is 0.555. The molecule has 0 radical (unpaired) electrons. The highest BCUT2D eigenvalue weighted by molar-refractivity contribution is 7.55. The van der Waals surface area contributed by atoms with Crippen LogP contribution in [0.4, 0.5) is 0 Å². The largest absolute Gasteiger partial charge is 0.497 e. The van der Waals surface area contributed by atoms with Gasteiger partial charge in [-0.3, -0.25) is 0 Å². The highest BCUT2D eigenvalue weighted by Crippen LogP contribution is 2.34. The first kappa shape index (κ1) is 18.5. The lowest BCUT2D eigenvalue weighted by Gasteiger charge is -2.17. The molecule has 1 atom stereocenters. The minimum atomic E-state index is 0.165. The molecule has 0 aromatic heterocycles. The summed E-state index contributed by atoms with van der Waals surface area (Å²) in [6.07, 6.45) is 0. The molecule has 130 valence electrons. The van der Waals surface area contributed by atoms with Gasteiger partial charge in [-0.15, -0.1) is 0 Å². The fourth-order valence-corrected chi connectivity index (χ4v) is 3.66. The number of benzene rings is 2. The van der Waals surface area contributed by atoms with Crippen LogP contribution >= 0.6 is 8.58 Å². The van der Waals surface area contributed by atoms with Gasteiger partial charge in [0.05, 0.1) is 14.2 Å². The van der Waals surface area contributed by atoms with E-state index >= 15 is 0 Å². The van der Waals surface area contributed by atoms with Gasteiger partial charge >= 0.3 is 0 Å². The van der Waals surface area contributed by atoms with Crippen molar-refractivity contribution in [3.05, 3.63) is 42.0 Å². The number of hydrogen-bond donors (Lipinski definition) is 1. The summed E-state index contributed by atoms with van der Waals surface area (Å²) in [7, 11) is 7.22. The van der Waals surface area contributed by atoms with Crippen LogP contribution < -0.4 is 30.1 Å². The minimum Gasteiger partial charge on any atom is -0.497 e. The third kappa shape index (κ3) is 4.60. The molecule has 2 aromatic carbocycles. The van der Waals surface area contributed by atoms with Gasteiger partial charge in [0, 0.05) is 25.0 Å². The van der Waals surface area contributed by atoms with E-state index in [9.17, 15) is 0 Å². The molecule has 24 heavy (non-hydrogen) atoms. The van der Waals surface area contributed by atoms with E-state index < -0.39 is 0 Å². The molecule has 2 aromatic rings. The molecular weight excluding hydrogens is 325 g/mol. The second-order valence-corrected chi connectivity index (χ2v) is 6.40. The maximum Gasteiger partial charge on any atom is 0.188 e. The second-order valence-electron chi connectivity index (χ2n) is 5.07. The van der Waals surface area contributed by atoms with Crippen LogP contribution in [0.5, 0.6) is 17.2 Å². The van der Waals surface area contributed by atoms with Crippen molar-refractivity contribution in [1.29, 1.82) is 0 Å². The van der Waals surface area contributed by atoms with Crippen LogP contribution in [-0.2, 0) is 11.3 Å². The molecule has 0 amide bonds. The monoisotopic (exact) mass is 349 g/mol. The Hall–Kier alpha value is -1.81. The zero-order valence-electron chi connectivity index (χ0n) is 14.5. The van der Waals surface area contributed by atoms with Gasteiger partial charge in [-0.2, -0.15) is 0 Å². The van der Waals surface area contributed by atoms with Crippen molar-refractivity contribution in [1.82, 2.24) is 5.32 Å². The van der Waals surface area contributed by atoms with E-state index in [4.69, 9.17) is 18.9 Å². The summed E-state index contributed by atoms with van der Waals surface area (Å²) in [6.45, 7) is 0.983. The summed E-state index contributed by atoms with van der Waals surface area (Å²) in [4.78, 5) is 0. The van der Waals surface area contributed by atoms with Crippen molar-refractivity contribution >= 4 is 19.2 Å². The van der Waals surface area contributed by atoms with E-state index in [1.54, 1.807) is 21.3 Å². The van der Waals surface area contributed by atoms with Gasteiger partial charge in [-0.05, 0) is 24.0 Å². The second kappa shape index (κ2) is 9.48. The number of rotatable bonds is 9. The van der Waals surface area contributed by atoms with Crippen molar-refractivity contribution in [2.45, 2.75) is 6.54 Å². The molecule has 1 unspecified atom stereocenters. The van der Waals surface area contributed by atoms with E-state index in [0.29, 0.717) is 20.1 Å². The summed E-state index contributed by atoms with van der Waals surface area (Å²) in [6, 6.07) is 12.2. The maximum atomic E-state index is 5.77. The maximum absolute atomic E-state index is 5.77. The van der Waals surface area contributed by atoms with Gasteiger partial charge in [0.2, 0.25) is 0 Å². The SMILES string of the molecule is CNCc1ccccc1Pc1cc(OC)cc(OC)c1OCOC. The average molecular weight is 349 g/mol. The highest BCUT2D eigenvalue weighted by Gasteiger charge is 2.15. The standard InChI is InChI=1S/C18H24NO4P/c1-19-11-13-7-5-6-8-16(13)24-17-10-14(21-3)9-15(22-4)18(17)23-12-20-2/h5-10,19,24H,11-12H2,1-4H3. The van der Waals surface area contributed by atoms with Crippen LogP contribution in [0.1, 0.15) is 5.56 Å². The number of methoxy groups -OCH3 is 3. The fourth-order valence-electron chi connectivity index (χ4n) is 2.34. The number of hydrogen-bond acceptors (Lipinski definition) is 5. The Morgan fingerprint density at radius 2 is 1.79 bits per heavy atom. The van der Waals surface area contributed by atoms with Gasteiger partial charge in [0.15, 0.2) is 18.3 Å². The molecule has 0 spiro atoms. The first-order valence-electron chi connectivity index (χ1n) is 7.60. The highest BCUT2D eigenvalue weighted by atomic mass is 31.1. The Morgan fingerprint density at radius 1 is 1.00 bits per heavy atom. The van der Waals surface area contributed by atoms with Crippen LogP contribution in [0.15, 0.2) is 36.4 Å². The predicted octanol–water partition coefficient (Wildman–Crippen LogP) is 2.04. The smallest absolute Gasteiger partial charge is 0.188 e. The molecule has 1 N–H and O–H groups in total. The molecule has 0 aliphatic carbocycles. The number of ether oxygens (including phenoxy) is 4. The van der Waals surface area contributed by atoms with E-state index in [0.717, 1.165) is 17.6 Å². The zero-order valence-corrected chi connectivity index (χ0v) is 15.5. The lowest BCUT2D eigenvalue weighted by atomic mass is 10.2. The normalized spacial score (nSPS) is 11.0. The average Bonchev–Trinajstić information content (AvgIpc) is 2.61. The zero-order chi connectivity index (χ0) is 17.4. The topological polar surface area (TPSA) is 49.0 Å². The summed E-state index contributed by atoms with van der Waals surface area (Å²) in [5.74, 6) is 2.07. The van der Waals surface area contributed by atoms with E-state index in [2.05, 4.69) is 29.6 Å². The van der Waals surface area contributed by atoms with E-state index in [1.165, 1.54) is 10.9 Å². The lowest BCUT2D eigenvalue weighted by Crippen LogP contribution is -2.17. The van der Waals surface area contributed by atoms with Crippen molar-refractivity contribution in [2.75, 3.05) is 35.2 Å². The van der Waals surface area contributed by atoms with Crippen molar-refractivity contribution in [3.8, 4) is 17.2 Å². The molecule has 6 heteroatoms. The third-order valence-corrected chi connectivity index (χ3v) is 4.86. The first-order chi connectivity index (χ1) is 11.7. The summed E-state index contributed by atoms with van der Waals surface area (Å²) in [5.41, 5.74) is 1.26. The Balaban J connectivity index is 2.43. The molecule has 5 nitrogen and oxygen atoms in total. The lowest BCUT2D eigenvalue weighted by molar-refractivity contribution is 0.0499. The molecule has 0 aliphatic rings. The first-order valence-corrected chi connectivity index (χ1v) is 8.60. The van der Waals surface area contributed by atoms with Crippen LogP contribution in [-0.4, -0.2) is 35.2 Å². The molecule has 0 bridgehead atoms.